The first-order valence-electron chi connectivity index (χ1n) is 7.43. The molecule has 0 aromatic heterocycles. The lowest BCUT2D eigenvalue weighted by molar-refractivity contribution is 0.259. The molecule has 19 heavy (non-hydrogen) atoms. The fourth-order valence-corrected chi connectivity index (χ4v) is 4.33. The summed E-state index contributed by atoms with van der Waals surface area (Å²) in [5, 5.41) is 3.32. The average molecular weight is 290 g/mol. The van der Waals surface area contributed by atoms with Gasteiger partial charge in [0, 0.05) is 13.1 Å². The standard InChI is InChI=1S/C14H30N2O2S/c1-5-15-11-13-7-6-9-16(12-13)19(17,18)10-8-14(2,3)4/h13,15H,5-12H2,1-4H3. The third-order valence-corrected chi connectivity index (χ3v) is 5.51. The summed E-state index contributed by atoms with van der Waals surface area (Å²) in [7, 11) is -3.07. The maximum absolute atomic E-state index is 12.4. The van der Waals surface area contributed by atoms with Crippen LogP contribution in [-0.2, 0) is 10.0 Å². The first kappa shape index (κ1) is 16.9. The van der Waals surface area contributed by atoms with Crippen LogP contribution in [-0.4, -0.2) is 44.7 Å². The first-order chi connectivity index (χ1) is 8.74. The zero-order chi connectivity index (χ0) is 14.5. The minimum absolute atomic E-state index is 0.0754. The number of piperidine rings is 1. The van der Waals surface area contributed by atoms with E-state index >= 15 is 0 Å². The van der Waals surface area contributed by atoms with Crippen molar-refractivity contribution in [2.45, 2.75) is 47.0 Å². The molecule has 0 radical (unpaired) electrons. The lowest BCUT2D eigenvalue weighted by atomic mass is 9.94. The van der Waals surface area contributed by atoms with Gasteiger partial charge in [-0.1, -0.05) is 27.7 Å². The number of hydrogen-bond donors (Lipinski definition) is 1. The summed E-state index contributed by atoms with van der Waals surface area (Å²) in [4.78, 5) is 0. The number of nitrogens with one attached hydrogen (secondary N) is 1. The third kappa shape index (κ3) is 6.23. The number of sulfonamides is 1. The molecule has 1 unspecified atom stereocenters. The van der Waals surface area contributed by atoms with Crippen LogP contribution in [0.2, 0.25) is 0 Å². The first-order valence-corrected chi connectivity index (χ1v) is 9.04. The van der Waals surface area contributed by atoms with Gasteiger partial charge in [-0.15, -0.1) is 0 Å². The molecule has 1 rings (SSSR count). The van der Waals surface area contributed by atoms with Gasteiger partial charge in [0.15, 0.2) is 0 Å². The van der Waals surface area contributed by atoms with E-state index in [-0.39, 0.29) is 11.2 Å². The molecule has 0 aromatic carbocycles. The van der Waals surface area contributed by atoms with Gasteiger partial charge in [0.05, 0.1) is 5.75 Å². The topological polar surface area (TPSA) is 49.4 Å². The van der Waals surface area contributed by atoms with E-state index in [1.807, 2.05) is 0 Å². The van der Waals surface area contributed by atoms with Crippen molar-refractivity contribution in [3.8, 4) is 0 Å². The lowest BCUT2D eigenvalue weighted by Crippen LogP contribution is -2.44. The summed E-state index contributed by atoms with van der Waals surface area (Å²) in [5.41, 5.74) is 0.0754. The highest BCUT2D eigenvalue weighted by molar-refractivity contribution is 7.89. The van der Waals surface area contributed by atoms with E-state index in [9.17, 15) is 8.42 Å². The molecule has 0 spiro atoms. The molecule has 114 valence electrons. The number of hydrogen-bond acceptors (Lipinski definition) is 3. The molecule has 1 heterocycles. The highest BCUT2D eigenvalue weighted by Crippen LogP contribution is 2.23. The van der Waals surface area contributed by atoms with Gasteiger partial charge in [-0.3, -0.25) is 0 Å². The lowest BCUT2D eigenvalue weighted by Gasteiger charge is -2.32. The van der Waals surface area contributed by atoms with Crippen molar-refractivity contribution >= 4 is 10.0 Å². The molecule has 0 aliphatic carbocycles. The molecule has 1 N–H and O–H groups in total. The molecule has 1 aliphatic heterocycles. The molecule has 0 saturated carbocycles. The summed E-state index contributed by atoms with van der Waals surface area (Å²) >= 11 is 0. The Morgan fingerprint density at radius 2 is 2.00 bits per heavy atom. The zero-order valence-electron chi connectivity index (χ0n) is 12.9. The van der Waals surface area contributed by atoms with Crippen LogP contribution < -0.4 is 5.32 Å². The second-order valence-corrected chi connectivity index (χ2v) is 8.89. The molecule has 4 nitrogen and oxygen atoms in total. The van der Waals surface area contributed by atoms with Gasteiger partial charge in [-0.2, -0.15) is 0 Å². The van der Waals surface area contributed by atoms with Crippen molar-refractivity contribution in [1.29, 1.82) is 0 Å². The number of rotatable bonds is 6. The smallest absolute Gasteiger partial charge is 0.214 e. The van der Waals surface area contributed by atoms with E-state index in [0.717, 1.165) is 32.4 Å². The zero-order valence-corrected chi connectivity index (χ0v) is 13.7. The van der Waals surface area contributed by atoms with Crippen LogP contribution in [0.15, 0.2) is 0 Å². The molecule has 0 aromatic rings. The Morgan fingerprint density at radius 1 is 1.32 bits per heavy atom. The van der Waals surface area contributed by atoms with Gasteiger partial charge >= 0.3 is 0 Å². The van der Waals surface area contributed by atoms with E-state index in [2.05, 4.69) is 33.0 Å². The maximum atomic E-state index is 12.4. The second kappa shape index (κ2) is 7.04. The quantitative estimate of drug-likeness (QED) is 0.815. The minimum Gasteiger partial charge on any atom is -0.317 e. The normalized spacial score (nSPS) is 22.6. The van der Waals surface area contributed by atoms with Gasteiger partial charge in [-0.25, -0.2) is 12.7 Å². The van der Waals surface area contributed by atoms with E-state index in [0.29, 0.717) is 19.0 Å². The Hall–Kier alpha value is -0.130. The van der Waals surface area contributed by atoms with Crippen molar-refractivity contribution < 1.29 is 8.42 Å². The molecular weight excluding hydrogens is 260 g/mol. The van der Waals surface area contributed by atoms with Crippen molar-refractivity contribution in [3.05, 3.63) is 0 Å². The van der Waals surface area contributed by atoms with Crippen molar-refractivity contribution in [1.82, 2.24) is 9.62 Å². The molecular formula is C14H30N2O2S. The van der Waals surface area contributed by atoms with E-state index in [4.69, 9.17) is 0 Å². The van der Waals surface area contributed by atoms with Crippen LogP contribution in [0.5, 0.6) is 0 Å². The van der Waals surface area contributed by atoms with E-state index in [1.54, 1.807) is 4.31 Å². The van der Waals surface area contributed by atoms with Crippen molar-refractivity contribution in [3.63, 3.8) is 0 Å². The fraction of sp³-hybridized carbons (Fsp3) is 1.00. The number of nitrogens with zero attached hydrogens (tertiary/aromatic N) is 1. The monoisotopic (exact) mass is 290 g/mol. The summed E-state index contributed by atoms with van der Waals surface area (Å²) in [5.74, 6) is 0.753. The summed E-state index contributed by atoms with van der Waals surface area (Å²) in [6, 6.07) is 0. The predicted octanol–water partition coefficient (Wildman–Crippen LogP) is 2.07. The minimum atomic E-state index is -3.07. The summed E-state index contributed by atoms with van der Waals surface area (Å²) < 4.78 is 26.4. The highest BCUT2D eigenvalue weighted by atomic mass is 32.2. The molecule has 1 atom stereocenters. The Bertz CT molecular complexity index is 360. The fourth-order valence-electron chi connectivity index (χ4n) is 2.36. The molecule has 0 bridgehead atoms. The van der Waals surface area contributed by atoms with Gasteiger partial charge in [0.2, 0.25) is 10.0 Å². The SMILES string of the molecule is CCNCC1CCCN(S(=O)(=O)CCC(C)(C)C)C1. The average Bonchev–Trinajstić information content (AvgIpc) is 2.34. The van der Waals surface area contributed by atoms with Gasteiger partial charge in [-0.05, 0) is 43.7 Å². The van der Waals surface area contributed by atoms with Gasteiger partial charge < -0.3 is 5.32 Å². The van der Waals surface area contributed by atoms with Crippen LogP contribution in [0.3, 0.4) is 0 Å². The van der Waals surface area contributed by atoms with Crippen molar-refractivity contribution in [2.75, 3.05) is 31.9 Å². The molecule has 1 aliphatic rings. The second-order valence-electron chi connectivity index (χ2n) is 6.80. The highest BCUT2D eigenvalue weighted by Gasteiger charge is 2.29. The largest absolute Gasteiger partial charge is 0.317 e. The van der Waals surface area contributed by atoms with Gasteiger partial charge in [0.25, 0.3) is 0 Å². The van der Waals surface area contributed by atoms with Crippen LogP contribution in [0.4, 0.5) is 0 Å². The maximum Gasteiger partial charge on any atom is 0.214 e. The summed E-state index contributed by atoms with van der Waals surface area (Å²) in [6.45, 7) is 11.6. The van der Waals surface area contributed by atoms with E-state index in [1.165, 1.54) is 0 Å². The van der Waals surface area contributed by atoms with Crippen LogP contribution in [0.25, 0.3) is 0 Å². The predicted molar refractivity (Wildman–Crippen MR) is 80.7 cm³/mol. The van der Waals surface area contributed by atoms with Crippen LogP contribution >= 0.6 is 0 Å². The third-order valence-electron chi connectivity index (χ3n) is 3.67. The van der Waals surface area contributed by atoms with Gasteiger partial charge in [0.1, 0.15) is 0 Å². The van der Waals surface area contributed by atoms with Crippen LogP contribution in [0, 0.1) is 11.3 Å². The van der Waals surface area contributed by atoms with Crippen LogP contribution in [0.1, 0.15) is 47.0 Å². The van der Waals surface area contributed by atoms with Crippen molar-refractivity contribution in [2.24, 2.45) is 11.3 Å². The molecule has 1 saturated heterocycles. The van der Waals surface area contributed by atoms with E-state index < -0.39 is 10.0 Å². The Labute approximate surface area is 119 Å². The molecule has 5 heteroatoms. The Kier molecular flexibility index (Phi) is 6.27. The summed E-state index contributed by atoms with van der Waals surface area (Å²) in [6.07, 6.45) is 2.85. The Balaban J connectivity index is 2.53. The molecule has 0 amide bonds. The Morgan fingerprint density at radius 3 is 2.58 bits per heavy atom. The molecule has 1 fully saturated rings.